The predicted molar refractivity (Wildman–Crippen MR) is 112 cm³/mol. The molecule has 3 heterocycles. The lowest BCUT2D eigenvalue weighted by Gasteiger charge is -2.23. The first-order valence-corrected chi connectivity index (χ1v) is 9.77. The van der Waals surface area contributed by atoms with Gasteiger partial charge in [-0.25, -0.2) is 9.78 Å². The average molecular weight is 370 g/mol. The third-order valence-corrected chi connectivity index (χ3v) is 5.54. The van der Waals surface area contributed by atoms with Crippen LogP contribution in [0.5, 0.6) is 0 Å². The van der Waals surface area contributed by atoms with Gasteiger partial charge < -0.3 is 5.32 Å². The number of benzene rings is 2. The summed E-state index contributed by atoms with van der Waals surface area (Å²) in [5, 5.41) is 3.37. The second kappa shape index (κ2) is 7.09. The molecular weight excluding hydrogens is 348 g/mol. The number of piperidine rings is 1. The lowest BCUT2D eigenvalue weighted by molar-refractivity contribution is 0.366. The van der Waals surface area contributed by atoms with Gasteiger partial charge in [0.1, 0.15) is 0 Å². The van der Waals surface area contributed by atoms with E-state index in [1.54, 1.807) is 10.8 Å². The van der Waals surface area contributed by atoms with E-state index in [-0.39, 0.29) is 11.7 Å². The van der Waals surface area contributed by atoms with Crippen LogP contribution in [0.4, 0.5) is 0 Å². The summed E-state index contributed by atoms with van der Waals surface area (Å²) in [6, 6.07) is 22.5. The van der Waals surface area contributed by atoms with Crippen molar-refractivity contribution in [3.8, 4) is 16.8 Å². The number of nitrogens with one attached hydrogen (secondary N) is 1. The molecule has 0 amide bonds. The van der Waals surface area contributed by atoms with Crippen LogP contribution in [0.25, 0.3) is 28.0 Å². The molecule has 0 bridgehead atoms. The topological polar surface area (TPSA) is 51.9 Å². The first kappa shape index (κ1) is 17.0. The Hall–Kier alpha value is -3.18. The van der Waals surface area contributed by atoms with Crippen molar-refractivity contribution in [1.29, 1.82) is 0 Å². The molecule has 1 saturated heterocycles. The summed E-state index contributed by atoms with van der Waals surface area (Å²) in [5.41, 5.74) is 4.80. The summed E-state index contributed by atoms with van der Waals surface area (Å²) in [5.74, 6) is 0. The largest absolute Gasteiger partial charge is 0.335 e. The fourth-order valence-corrected chi connectivity index (χ4v) is 4.13. The fraction of sp³-hybridized carbons (Fsp3) is 0.217. The van der Waals surface area contributed by atoms with Crippen molar-refractivity contribution in [2.24, 2.45) is 0 Å². The van der Waals surface area contributed by atoms with Gasteiger partial charge >= 0.3 is 5.69 Å². The summed E-state index contributed by atoms with van der Waals surface area (Å²) in [4.78, 5) is 18.0. The Morgan fingerprint density at radius 1 is 0.857 bits per heavy atom. The van der Waals surface area contributed by atoms with E-state index in [0.29, 0.717) is 0 Å². The first-order valence-electron chi connectivity index (χ1n) is 9.77. The van der Waals surface area contributed by atoms with E-state index in [4.69, 9.17) is 0 Å². The van der Waals surface area contributed by atoms with Crippen molar-refractivity contribution >= 4 is 11.2 Å². The van der Waals surface area contributed by atoms with Crippen LogP contribution in [-0.4, -0.2) is 27.2 Å². The molecule has 2 aromatic carbocycles. The summed E-state index contributed by atoms with van der Waals surface area (Å²) >= 11 is 0. The fourth-order valence-electron chi connectivity index (χ4n) is 4.13. The molecule has 5 rings (SSSR count). The maximum Gasteiger partial charge on any atom is 0.335 e. The van der Waals surface area contributed by atoms with Crippen LogP contribution in [0.15, 0.2) is 77.7 Å². The normalized spacial score (nSPS) is 15.1. The first-order chi connectivity index (χ1) is 13.8. The molecule has 28 heavy (non-hydrogen) atoms. The van der Waals surface area contributed by atoms with Crippen molar-refractivity contribution in [3.05, 3.63) is 83.4 Å². The molecule has 4 aromatic rings. The zero-order valence-corrected chi connectivity index (χ0v) is 15.6. The van der Waals surface area contributed by atoms with Gasteiger partial charge in [-0.1, -0.05) is 42.5 Å². The standard InChI is InChI=1S/C23H22N4O/c28-23-26(19-10-8-18(9-11-19)17-5-2-1-3-6-17)21-7-4-14-25-22(21)27(23)20-12-15-24-16-13-20/h1-11,14,20,24H,12-13,15-16H2. The van der Waals surface area contributed by atoms with Crippen molar-refractivity contribution in [2.75, 3.05) is 13.1 Å². The summed E-state index contributed by atoms with van der Waals surface area (Å²) in [6.45, 7) is 1.87. The smallest absolute Gasteiger partial charge is 0.317 e. The lowest BCUT2D eigenvalue weighted by atomic mass is 10.1. The molecule has 1 N–H and O–H groups in total. The van der Waals surface area contributed by atoms with Crippen molar-refractivity contribution in [2.45, 2.75) is 18.9 Å². The van der Waals surface area contributed by atoms with Gasteiger partial charge in [0, 0.05) is 12.2 Å². The Morgan fingerprint density at radius 3 is 2.32 bits per heavy atom. The highest BCUT2D eigenvalue weighted by Crippen LogP contribution is 2.25. The molecule has 0 saturated carbocycles. The van der Waals surface area contributed by atoms with Crippen molar-refractivity contribution in [1.82, 2.24) is 19.4 Å². The van der Waals surface area contributed by atoms with E-state index in [2.05, 4.69) is 34.6 Å². The summed E-state index contributed by atoms with van der Waals surface area (Å²) < 4.78 is 3.68. The van der Waals surface area contributed by atoms with E-state index in [1.165, 1.54) is 5.56 Å². The third-order valence-electron chi connectivity index (χ3n) is 5.54. The quantitative estimate of drug-likeness (QED) is 0.597. The van der Waals surface area contributed by atoms with Gasteiger partial charge in [-0.15, -0.1) is 0 Å². The Morgan fingerprint density at radius 2 is 1.57 bits per heavy atom. The van der Waals surface area contributed by atoms with Crippen LogP contribution in [0, 0.1) is 0 Å². The minimum atomic E-state index is -0.00642. The van der Waals surface area contributed by atoms with Crippen molar-refractivity contribution in [3.63, 3.8) is 0 Å². The SMILES string of the molecule is O=c1n(-c2ccc(-c3ccccc3)cc2)c2cccnc2n1C1CCNCC1. The Labute approximate surface area is 163 Å². The van der Waals surface area contributed by atoms with Gasteiger partial charge in [0.05, 0.1) is 11.2 Å². The Bertz CT molecular complexity index is 1150. The highest BCUT2D eigenvalue weighted by atomic mass is 16.1. The number of hydrogen-bond acceptors (Lipinski definition) is 3. The molecular formula is C23H22N4O. The Kier molecular flexibility index (Phi) is 4.29. The van der Waals surface area contributed by atoms with E-state index < -0.39 is 0 Å². The summed E-state index contributed by atoms with van der Waals surface area (Å²) in [7, 11) is 0. The van der Waals surface area contributed by atoms with Gasteiger partial charge in [-0.3, -0.25) is 9.13 Å². The van der Waals surface area contributed by atoms with Gasteiger partial charge in [-0.05, 0) is 61.3 Å². The maximum absolute atomic E-state index is 13.4. The van der Waals surface area contributed by atoms with E-state index in [1.807, 2.05) is 47.0 Å². The molecule has 1 fully saturated rings. The van der Waals surface area contributed by atoms with Gasteiger partial charge in [0.15, 0.2) is 5.65 Å². The number of imidazole rings is 1. The van der Waals surface area contributed by atoms with Crippen LogP contribution in [0.2, 0.25) is 0 Å². The number of fused-ring (bicyclic) bond motifs is 1. The summed E-state index contributed by atoms with van der Waals surface area (Å²) in [6.07, 6.45) is 3.66. The molecule has 0 unspecified atom stereocenters. The second-order valence-electron chi connectivity index (χ2n) is 7.23. The lowest BCUT2D eigenvalue weighted by Crippen LogP contribution is -2.34. The van der Waals surface area contributed by atoms with E-state index >= 15 is 0 Å². The second-order valence-corrected chi connectivity index (χ2v) is 7.23. The predicted octanol–water partition coefficient (Wildman–Crippen LogP) is 3.78. The zero-order chi connectivity index (χ0) is 18.9. The molecule has 1 aliphatic rings. The van der Waals surface area contributed by atoms with Crippen LogP contribution in [-0.2, 0) is 0 Å². The molecule has 1 aliphatic heterocycles. The number of hydrogen-bond donors (Lipinski definition) is 1. The number of rotatable bonds is 3. The zero-order valence-electron chi connectivity index (χ0n) is 15.6. The van der Waals surface area contributed by atoms with E-state index in [0.717, 1.165) is 48.3 Å². The monoisotopic (exact) mass is 370 g/mol. The number of aromatic nitrogens is 3. The van der Waals surface area contributed by atoms with E-state index in [9.17, 15) is 4.79 Å². The molecule has 5 heteroatoms. The van der Waals surface area contributed by atoms with Crippen LogP contribution in [0.3, 0.4) is 0 Å². The van der Waals surface area contributed by atoms with Crippen molar-refractivity contribution < 1.29 is 0 Å². The van der Waals surface area contributed by atoms with Crippen LogP contribution >= 0.6 is 0 Å². The van der Waals surface area contributed by atoms with Crippen LogP contribution in [0.1, 0.15) is 18.9 Å². The van der Waals surface area contributed by atoms with Crippen LogP contribution < -0.4 is 11.0 Å². The minimum absolute atomic E-state index is 0.00642. The minimum Gasteiger partial charge on any atom is -0.317 e. The third kappa shape index (κ3) is 2.84. The van der Waals surface area contributed by atoms with Gasteiger partial charge in [0.2, 0.25) is 0 Å². The molecule has 140 valence electrons. The molecule has 0 spiro atoms. The Balaban J connectivity index is 1.63. The number of pyridine rings is 1. The highest BCUT2D eigenvalue weighted by molar-refractivity contribution is 5.74. The molecule has 0 atom stereocenters. The average Bonchev–Trinajstić information content (AvgIpc) is 3.07. The highest BCUT2D eigenvalue weighted by Gasteiger charge is 2.23. The van der Waals surface area contributed by atoms with Gasteiger partial charge in [-0.2, -0.15) is 0 Å². The number of nitrogens with zero attached hydrogens (tertiary/aromatic N) is 3. The molecule has 5 nitrogen and oxygen atoms in total. The molecule has 0 radical (unpaired) electrons. The maximum atomic E-state index is 13.4. The van der Waals surface area contributed by atoms with Gasteiger partial charge in [0.25, 0.3) is 0 Å². The molecule has 0 aliphatic carbocycles. The molecule has 2 aromatic heterocycles.